The second-order valence-corrected chi connectivity index (χ2v) is 6.23. The average Bonchev–Trinajstić information content (AvgIpc) is 2.54. The minimum absolute atomic E-state index is 0. The summed E-state index contributed by atoms with van der Waals surface area (Å²) in [6.45, 7) is 6.11. The van der Waals surface area contributed by atoms with Gasteiger partial charge in [0.05, 0.1) is 6.61 Å². The van der Waals surface area contributed by atoms with Crippen molar-refractivity contribution in [2.45, 2.75) is 33.1 Å². The molecule has 0 radical (unpaired) electrons. The monoisotopic (exact) mass is 322 g/mol. The second-order valence-electron chi connectivity index (χ2n) is 6.23. The van der Waals surface area contributed by atoms with Crippen molar-refractivity contribution in [2.75, 3.05) is 53.5 Å². The Morgan fingerprint density at radius 2 is 1.48 bits per heavy atom. The van der Waals surface area contributed by atoms with Crippen LogP contribution in [0.15, 0.2) is 24.3 Å². The summed E-state index contributed by atoms with van der Waals surface area (Å²) in [4.78, 5) is 4.66. The van der Waals surface area contributed by atoms with Gasteiger partial charge in [0.2, 0.25) is 0 Å². The third-order valence-electron chi connectivity index (χ3n) is 3.97. The molecule has 0 aromatic heterocycles. The molecule has 1 aliphatic heterocycles. The Bertz CT molecular complexity index is 400. The number of nitrogens with zero attached hydrogens (tertiary/aromatic N) is 2. The van der Waals surface area contributed by atoms with Gasteiger partial charge >= 0.3 is 0 Å². The summed E-state index contributed by atoms with van der Waals surface area (Å²) in [5, 5.41) is 0. The van der Waals surface area contributed by atoms with Crippen LogP contribution in [0.25, 0.3) is 0 Å². The molecule has 1 heterocycles. The van der Waals surface area contributed by atoms with E-state index in [1.54, 1.807) is 0 Å². The van der Waals surface area contributed by atoms with Crippen LogP contribution in [0.3, 0.4) is 0 Å². The van der Waals surface area contributed by atoms with Crippen molar-refractivity contribution in [1.29, 1.82) is 0 Å². The maximum atomic E-state index is 5.80. The van der Waals surface area contributed by atoms with Crippen LogP contribution in [0.4, 0.5) is 0 Å². The molecule has 0 N–H and O–H groups in total. The molecular formula is C19H34N2O2. The molecule has 4 heteroatoms. The summed E-state index contributed by atoms with van der Waals surface area (Å²) in [6, 6.07) is 7.95. The molecule has 4 nitrogen and oxygen atoms in total. The van der Waals surface area contributed by atoms with Crippen molar-refractivity contribution >= 4 is 0 Å². The maximum absolute atomic E-state index is 5.80. The Morgan fingerprint density at radius 1 is 0.913 bits per heavy atom. The predicted molar refractivity (Wildman–Crippen MR) is 97.6 cm³/mol. The van der Waals surface area contributed by atoms with Crippen molar-refractivity contribution in [3.63, 3.8) is 0 Å². The zero-order valence-electron chi connectivity index (χ0n) is 14.1. The number of hydrogen-bond acceptors (Lipinski definition) is 4. The molecule has 0 spiro atoms. The quantitative estimate of drug-likeness (QED) is 0.650. The number of benzene rings is 1. The van der Waals surface area contributed by atoms with E-state index < -0.39 is 0 Å². The van der Waals surface area contributed by atoms with Crippen molar-refractivity contribution in [3.05, 3.63) is 24.3 Å². The van der Waals surface area contributed by atoms with Gasteiger partial charge in [-0.2, -0.15) is 0 Å². The van der Waals surface area contributed by atoms with Crippen LogP contribution in [0.5, 0.6) is 11.5 Å². The zero-order valence-corrected chi connectivity index (χ0v) is 14.1. The normalized spacial score (nSPS) is 15.3. The Morgan fingerprint density at radius 3 is 2.04 bits per heavy atom. The van der Waals surface area contributed by atoms with Crippen LogP contribution in [0.2, 0.25) is 0 Å². The van der Waals surface area contributed by atoms with Crippen molar-refractivity contribution < 1.29 is 9.47 Å². The minimum atomic E-state index is 0. The maximum Gasteiger partial charge on any atom is 0.119 e. The van der Waals surface area contributed by atoms with E-state index in [0.29, 0.717) is 6.61 Å². The van der Waals surface area contributed by atoms with Gasteiger partial charge in [-0.3, -0.25) is 0 Å². The number of likely N-dealkylation sites (tertiary alicyclic amines) is 1. The van der Waals surface area contributed by atoms with E-state index in [9.17, 15) is 0 Å². The SMILES string of the molecule is C.CN(C)CCOc1ccc(OCCCN2CCCCC2)cc1. The van der Waals surface area contributed by atoms with Gasteiger partial charge in [-0.25, -0.2) is 0 Å². The highest BCUT2D eigenvalue weighted by Gasteiger charge is 2.08. The lowest BCUT2D eigenvalue weighted by Crippen LogP contribution is -2.31. The largest absolute Gasteiger partial charge is 0.494 e. The molecule has 1 aromatic carbocycles. The van der Waals surface area contributed by atoms with E-state index in [4.69, 9.17) is 9.47 Å². The Hall–Kier alpha value is -1.26. The van der Waals surface area contributed by atoms with Crippen molar-refractivity contribution in [1.82, 2.24) is 9.80 Å². The summed E-state index contributed by atoms with van der Waals surface area (Å²) in [7, 11) is 4.09. The minimum Gasteiger partial charge on any atom is -0.494 e. The summed E-state index contributed by atoms with van der Waals surface area (Å²) in [6.07, 6.45) is 5.21. The van der Waals surface area contributed by atoms with E-state index >= 15 is 0 Å². The highest BCUT2D eigenvalue weighted by atomic mass is 16.5. The van der Waals surface area contributed by atoms with Crippen molar-refractivity contribution in [3.8, 4) is 11.5 Å². The first-order valence-corrected chi connectivity index (χ1v) is 8.47. The third-order valence-corrected chi connectivity index (χ3v) is 3.97. The lowest BCUT2D eigenvalue weighted by atomic mass is 10.1. The molecule has 1 aromatic rings. The topological polar surface area (TPSA) is 24.9 Å². The smallest absolute Gasteiger partial charge is 0.119 e. The predicted octanol–water partition coefficient (Wildman–Crippen LogP) is 3.52. The zero-order chi connectivity index (χ0) is 15.6. The molecule has 23 heavy (non-hydrogen) atoms. The van der Waals surface area contributed by atoms with Crippen LogP contribution >= 0.6 is 0 Å². The molecule has 1 aliphatic rings. The van der Waals surface area contributed by atoms with Crippen LogP contribution in [0, 0.1) is 0 Å². The van der Waals surface area contributed by atoms with E-state index in [-0.39, 0.29) is 7.43 Å². The van der Waals surface area contributed by atoms with Gasteiger partial charge in [0, 0.05) is 13.1 Å². The number of hydrogen-bond donors (Lipinski definition) is 0. The highest BCUT2D eigenvalue weighted by molar-refractivity contribution is 5.31. The van der Waals surface area contributed by atoms with Crippen LogP contribution in [-0.2, 0) is 0 Å². The van der Waals surface area contributed by atoms with E-state index in [1.807, 2.05) is 38.4 Å². The Balaban J connectivity index is 0.00000264. The van der Waals surface area contributed by atoms with E-state index in [0.717, 1.165) is 37.6 Å². The number of ether oxygens (including phenoxy) is 2. The van der Waals surface area contributed by atoms with Gasteiger partial charge in [-0.15, -0.1) is 0 Å². The summed E-state index contributed by atoms with van der Waals surface area (Å²) < 4.78 is 11.5. The lowest BCUT2D eigenvalue weighted by molar-refractivity contribution is 0.205. The lowest BCUT2D eigenvalue weighted by Gasteiger charge is -2.26. The third kappa shape index (κ3) is 8.24. The van der Waals surface area contributed by atoms with Gasteiger partial charge < -0.3 is 19.3 Å². The van der Waals surface area contributed by atoms with Crippen molar-refractivity contribution in [2.24, 2.45) is 0 Å². The molecule has 132 valence electrons. The number of piperidine rings is 1. The molecule has 0 saturated carbocycles. The molecule has 0 unspecified atom stereocenters. The Labute approximate surface area is 142 Å². The summed E-state index contributed by atoms with van der Waals surface area (Å²) in [5.41, 5.74) is 0. The van der Waals surface area contributed by atoms with Gasteiger partial charge in [0.1, 0.15) is 18.1 Å². The first-order valence-electron chi connectivity index (χ1n) is 8.47. The van der Waals surface area contributed by atoms with Gasteiger partial charge in [-0.05, 0) is 70.7 Å². The molecule has 0 aliphatic carbocycles. The summed E-state index contributed by atoms with van der Waals surface area (Å²) >= 11 is 0. The van der Waals surface area contributed by atoms with Gasteiger partial charge in [-0.1, -0.05) is 13.8 Å². The standard InChI is InChI=1S/C18H30N2O2.CH4/c1-19(2)14-16-22-18-9-7-17(8-10-18)21-15-6-13-20-11-4-3-5-12-20;/h7-10H,3-6,11-16H2,1-2H3;1H4. The first-order chi connectivity index (χ1) is 10.7. The van der Waals surface area contributed by atoms with Gasteiger partial charge in [0.15, 0.2) is 0 Å². The van der Waals surface area contributed by atoms with Crippen LogP contribution < -0.4 is 9.47 Å². The fourth-order valence-electron chi connectivity index (χ4n) is 2.64. The molecule has 1 saturated heterocycles. The van der Waals surface area contributed by atoms with E-state index in [1.165, 1.54) is 32.4 Å². The molecule has 0 atom stereocenters. The van der Waals surface area contributed by atoms with Gasteiger partial charge in [0.25, 0.3) is 0 Å². The molecular weight excluding hydrogens is 288 g/mol. The second kappa shape index (κ2) is 11.3. The summed E-state index contributed by atoms with van der Waals surface area (Å²) in [5.74, 6) is 1.83. The first kappa shape index (κ1) is 19.8. The molecule has 2 rings (SSSR count). The van der Waals surface area contributed by atoms with Crippen LogP contribution in [-0.4, -0.2) is 63.3 Å². The van der Waals surface area contributed by atoms with E-state index in [2.05, 4.69) is 9.80 Å². The fourth-order valence-corrected chi connectivity index (χ4v) is 2.64. The Kier molecular flexibility index (Phi) is 9.72. The number of likely N-dealkylation sites (N-methyl/N-ethyl adjacent to an activating group) is 1. The number of rotatable bonds is 9. The molecule has 1 fully saturated rings. The molecule has 0 bridgehead atoms. The van der Waals surface area contributed by atoms with Crippen LogP contribution in [0.1, 0.15) is 33.1 Å². The fraction of sp³-hybridized carbons (Fsp3) is 0.684. The highest BCUT2D eigenvalue weighted by Crippen LogP contribution is 2.18. The average molecular weight is 322 g/mol. The molecule has 0 amide bonds.